The van der Waals surface area contributed by atoms with E-state index in [1.807, 2.05) is 0 Å². The molecule has 2 rings (SSSR count). The van der Waals surface area contributed by atoms with Crippen LogP contribution < -0.4 is 0 Å². The zero-order valence-corrected chi connectivity index (χ0v) is 16.5. The van der Waals surface area contributed by atoms with E-state index < -0.39 is 65.8 Å². The number of aliphatic hydroxyl groups excluding tert-OH is 4. The molecule has 0 amide bonds. The summed E-state index contributed by atoms with van der Waals surface area (Å²) >= 11 is 0. The highest BCUT2D eigenvalue weighted by Crippen LogP contribution is 2.52. The molecule has 4 N–H and O–H groups in total. The highest BCUT2D eigenvalue weighted by molar-refractivity contribution is 5.91. The number of hydrogen-bond acceptors (Lipinski definition) is 9. The molecule has 2 fully saturated rings. The molecule has 0 aromatic heterocycles. The second kappa shape index (κ2) is 8.74. The minimum Gasteiger partial charge on any atom is -0.466 e. The number of rotatable bonds is 6. The summed E-state index contributed by atoms with van der Waals surface area (Å²) in [4.78, 5) is 37.0. The van der Waals surface area contributed by atoms with Gasteiger partial charge in [0.05, 0.1) is 43.3 Å². The molecule has 2 saturated carbocycles. The lowest BCUT2D eigenvalue weighted by Crippen LogP contribution is -2.62. The molecule has 0 heterocycles. The lowest BCUT2D eigenvalue weighted by molar-refractivity contribution is -0.189. The topological polar surface area (TPSA) is 151 Å². The van der Waals surface area contributed by atoms with Gasteiger partial charge in [-0.25, -0.2) is 9.59 Å². The van der Waals surface area contributed by atoms with E-state index in [1.165, 1.54) is 0 Å². The smallest absolute Gasteiger partial charge is 0.336 e. The highest BCUT2D eigenvalue weighted by Gasteiger charge is 2.60. The van der Waals surface area contributed by atoms with Gasteiger partial charge >= 0.3 is 11.9 Å². The Hall–Kier alpha value is -2.07. The predicted molar refractivity (Wildman–Crippen MR) is 99.2 cm³/mol. The molecule has 0 radical (unpaired) electrons. The molecular formula is C20H28O9. The fraction of sp³-hybridized carbons (Fsp3) is 0.650. The van der Waals surface area contributed by atoms with Gasteiger partial charge in [0.15, 0.2) is 0 Å². The summed E-state index contributed by atoms with van der Waals surface area (Å²) in [5.74, 6) is -4.25. The van der Waals surface area contributed by atoms with Crippen LogP contribution in [0, 0.1) is 17.3 Å². The van der Waals surface area contributed by atoms with Crippen molar-refractivity contribution in [1.82, 2.24) is 0 Å². The first-order valence-corrected chi connectivity index (χ1v) is 9.34. The lowest BCUT2D eigenvalue weighted by Gasteiger charge is -2.54. The average Bonchev–Trinajstić information content (AvgIpc) is 2.68. The van der Waals surface area contributed by atoms with Crippen LogP contribution in [0.4, 0.5) is 0 Å². The predicted octanol–water partition coefficient (Wildman–Crippen LogP) is -0.736. The summed E-state index contributed by atoms with van der Waals surface area (Å²) in [6.45, 7) is 7.92. The van der Waals surface area contributed by atoms with Gasteiger partial charge in [0, 0.05) is 17.4 Å². The Morgan fingerprint density at radius 1 is 1.28 bits per heavy atom. The molecule has 29 heavy (non-hydrogen) atoms. The molecule has 7 unspecified atom stereocenters. The van der Waals surface area contributed by atoms with Crippen molar-refractivity contribution in [3.8, 4) is 0 Å². The zero-order chi connectivity index (χ0) is 22.1. The summed E-state index contributed by atoms with van der Waals surface area (Å²) in [6.07, 6.45) is -4.80. The van der Waals surface area contributed by atoms with Crippen LogP contribution in [0.25, 0.3) is 0 Å². The highest BCUT2D eigenvalue weighted by atomic mass is 16.5. The SMILES string of the molecule is C=C(C(=O)OC1CC2(C)C(O)CCC(=O)C2C(O)C1C(=C)C(=O)OC)C(O)CO. The first kappa shape index (κ1) is 23.2. The van der Waals surface area contributed by atoms with Crippen LogP contribution in [0.1, 0.15) is 26.2 Å². The molecule has 0 aliphatic heterocycles. The van der Waals surface area contributed by atoms with Gasteiger partial charge in [0.25, 0.3) is 0 Å². The van der Waals surface area contributed by atoms with Crippen LogP contribution in [0.15, 0.2) is 24.3 Å². The Morgan fingerprint density at radius 2 is 1.90 bits per heavy atom. The fourth-order valence-corrected chi connectivity index (χ4v) is 4.44. The van der Waals surface area contributed by atoms with Gasteiger partial charge in [0.2, 0.25) is 0 Å². The molecule has 162 valence electrons. The number of esters is 2. The quantitative estimate of drug-likeness (QED) is 0.327. The van der Waals surface area contributed by atoms with Crippen molar-refractivity contribution < 1.29 is 44.3 Å². The van der Waals surface area contributed by atoms with Crippen LogP contribution >= 0.6 is 0 Å². The molecular weight excluding hydrogens is 384 g/mol. The number of fused-ring (bicyclic) bond motifs is 1. The third-order valence-corrected chi connectivity index (χ3v) is 6.18. The van der Waals surface area contributed by atoms with Crippen molar-refractivity contribution in [2.24, 2.45) is 17.3 Å². The molecule has 0 saturated heterocycles. The van der Waals surface area contributed by atoms with Gasteiger partial charge in [-0.1, -0.05) is 20.1 Å². The van der Waals surface area contributed by atoms with Crippen LogP contribution in [-0.2, 0) is 23.9 Å². The largest absolute Gasteiger partial charge is 0.466 e. The maximum absolute atomic E-state index is 12.6. The monoisotopic (exact) mass is 412 g/mol. The maximum atomic E-state index is 12.6. The number of ether oxygens (including phenoxy) is 2. The normalized spacial score (nSPS) is 35.2. The van der Waals surface area contributed by atoms with E-state index in [2.05, 4.69) is 17.9 Å². The fourth-order valence-electron chi connectivity index (χ4n) is 4.44. The zero-order valence-electron chi connectivity index (χ0n) is 16.5. The van der Waals surface area contributed by atoms with E-state index in [4.69, 9.17) is 9.84 Å². The lowest BCUT2D eigenvalue weighted by atomic mass is 9.53. The third kappa shape index (κ3) is 4.13. The van der Waals surface area contributed by atoms with Gasteiger partial charge in [-0.2, -0.15) is 0 Å². The van der Waals surface area contributed by atoms with Crippen LogP contribution in [0.2, 0.25) is 0 Å². The first-order chi connectivity index (χ1) is 13.5. The molecule has 7 atom stereocenters. The van der Waals surface area contributed by atoms with Crippen molar-refractivity contribution in [2.75, 3.05) is 13.7 Å². The van der Waals surface area contributed by atoms with Gasteiger partial charge in [-0.3, -0.25) is 4.79 Å². The summed E-state index contributed by atoms with van der Waals surface area (Å²) in [5.41, 5.74) is -1.68. The molecule has 0 spiro atoms. The van der Waals surface area contributed by atoms with E-state index in [9.17, 15) is 29.7 Å². The number of carbonyl (C=O) groups is 3. The van der Waals surface area contributed by atoms with Crippen LogP contribution in [0.3, 0.4) is 0 Å². The third-order valence-electron chi connectivity index (χ3n) is 6.18. The van der Waals surface area contributed by atoms with E-state index in [0.29, 0.717) is 0 Å². The van der Waals surface area contributed by atoms with Crippen molar-refractivity contribution in [2.45, 2.75) is 50.6 Å². The summed E-state index contributed by atoms with van der Waals surface area (Å²) < 4.78 is 10.1. The number of aliphatic hydroxyl groups is 4. The summed E-state index contributed by atoms with van der Waals surface area (Å²) in [7, 11) is 1.13. The van der Waals surface area contributed by atoms with Crippen molar-refractivity contribution in [3.63, 3.8) is 0 Å². The minimum atomic E-state index is -1.54. The van der Waals surface area contributed by atoms with E-state index >= 15 is 0 Å². The van der Waals surface area contributed by atoms with Crippen molar-refractivity contribution in [3.05, 3.63) is 24.3 Å². The van der Waals surface area contributed by atoms with E-state index in [1.54, 1.807) is 6.92 Å². The number of carbonyl (C=O) groups excluding carboxylic acids is 3. The van der Waals surface area contributed by atoms with Gasteiger partial charge in [-0.15, -0.1) is 0 Å². The molecule has 9 nitrogen and oxygen atoms in total. The molecule has 2 aliphatic rings. The Balaban J connectivity index is 2.42. The molecule has 0 aromatic rings. The number of ketones is 1. The van der Waals surface area contributed by atoms with Gasteiger partial charge in [-0.05, 0) is 12.8 Å². The molecule has 2 aliphatic carbocycles. The summed E-state index contributed by atoms with van der Waals surface area (Å²) in [5, 5.41) is 40.2. The average molecular weight is 412 g/mol. The Kier molecular flexibility index (Phi) is 7.00. The van der Waals surface area contributed by atoms with Crippen molar-refractivity contribution >= 4 is 17.7 Å². The van der Waals surface area contributed by atoms with Gasteiger partial charge in [0.1, 0.15) is 18.0 Å². The Morgan fingerprint density at radius 3 is 2.45 bits per heavy atom. The first-order valence-electron chi connectivity index (χ1n) is 9.34. The van der Waals surface area contributed by atoms with Crippen LogP contribution in [0.5, 0.6) is 0 Å². The molecule has 9 heteroatoms. The van der Waals surface area contributed by atoms with Gasteiger partial charge < -0.3 is 29.9 Å². The standard InChI is InChI=1S/C20H28O9/c1-9(12(23)8-21)19(27)29-13-7-20(3)14(24)6-5-11(22)16(20)17(25)15(13)10(2)18(26)28-4/h12-17,21,23-25H,1-2,5-8H2,3-4H3. The van der Waals surface area contributed by atoms with Crippen LogP contribution in [-0.4, -0.2) is 76.3 Å². The number of hydrogen-bond donors (Lipinski definition) is 4. The second-order valence-corrected chi connectivity index (χ2v) is 7.91. The maximum Gasteiger partial charge on any atom is 0.336 e. The Bertz CT molecular complexity index is 715. The van der Waals surface area contributed by atoms with E-state index in [-0.39, 0.29) is 30.6 Å². The molecule has 0 bridgehead atoms. The molecule has 0 aromatic carbocycles. The van der Waals surface area contributed by atoms with Crippen molar-refractivity contribution in [1.29, 1.82) is 0 Å². The Labute approximate surface area is 168 Å². The number of Topliss-reactive ketones (excluding diaryl/α,β-unsaturated/α-hetero) is 1. The van der Waals surface area contributed by atoms with E-state index in [0.717, 1.165) is 7.11 Å². The second-order valence-electron chi connectivity index (χ2n) is 7.91. The number of methoxy groups -OCH3 is 1. The summed E-state index contributed by atoms with van der Waals surface area (Å²) in [6, 6.07) is 0. The minimum absolute atomic E-state index is 0.0312.